The third-order valence-corrected chi connectivity index (χ3v) is 5.63. The zero-order valence-corrected chi connectivity index (χ0v) is 16.2. The molecule has 1 unspecified atom stereocenters. The van der Waals surface area contributed by atoms with E-state index in [0.717, 1.165) is 21.6 Å². The molecular weight excluding hydrogens is 387 g/mol. The first kappa shape index (κ1) is 19.4. The fourth-order valence-corrected chi connectivity index (χ4v) is 4.48. The zero-order valence-electron chi connectivity index (χ0n) is 16.2. The quantitative estimate of drug-likeness (QED) is 0.774. The summed E-state index contributed by atoms with van der Waals surface area (Å²) < 4.78 is 56.4. The van der Waals surface area contributed by atoms with Crippen LogP contribution in [0.5, 0.6) is 17.2 Å². The van der Waals surface area contributed by atoms with E-state index in [1.807, 2.05) is 6.07 Å². The number of amides is 1. The lowest BCUT2D eigenvalue weighted by molar-refractivity contribution is -0.188. The van der Waals surface area contributed by atoms with Crippen molar-refractivity contribution >= 4 is 5.91 Å². The zero-order chi connectivity index (χ0) is 20.9. The van der Waals surface area contributed by atoms with E-state index in [4.69, 9.17) is 14.2 Å². The number of methoxy groups -OCH3 is 3. The van der Waals surface area contributed by atoms with Gasteiger partial charge in [0.1, 0.15) is 5.75 Å². The smallest absolute Gasteiger partial charge is 0.471 e. The van der Waals surface area contributed by atoms with Gasteiger partial charge < -0.3 is 19.1 Å². The number of carbonyl (C=O) groups is 1. The summed E-state index contributed by atoms with van der Waals surface area (Å²) in [5.41, 5.74) is 3.71. The summed E-state index contributed by atoms with van der Waals surface area (Å²) >= 11 is 0. The first-order valence-corrected chi connectivity index (χ1v) is 9.13. The largest absolute Gasteiger partial charge is 0.496 e. The Labute approximate surface area is 166 Å². The van der Waals surface area contributed by atoms with Crippen molar-refractivity contribution in [2.75, 3.05) is 27.9 Å². The summed E-state index contributed by atoms with van der Waals surface area (Å²) in [6, 6.07) is 6.48. The molecule has 2 aromatic carbocycles. The molecule has 0 saturated carbocycles. The van der Waals surface area contributed by atoms with E-state index in [1.165, 1.54) is 14.2 Å². The molecule has 1 atom stereocenters. The third-order valence-electron chi connectivity index (χ3n) is 5.63. The molecule has 154 valence electrons. The second-order valence-electron chi connectivity index (χ2n) is 7.02. The highest BCUT2D eigenvalue weighted by Crippen LogP contribution is 2.55. The number of alkyl halides is 3. The number of fused-ring (bicyclic) bond motifs is 2. The lowest BCUT2D eigenvalue weighted by Crippen LogP contribution is -2.48. The predicted molar refractivity (Wildman–Crippen MR) is 99.5 cm³/mol. The van der Waals surface area contributed by atoms with E-state index in [-0.39, 0.29) is 13.0 Å². The van der Waals surface area contributed by atoms with Gasteiger partial charge in [0.15, 0.2) is 11.5 Å². The SMILES string of the molecule is COc1cc2c3c(c1OC)-c1c(cccc1OC)CC3N(C(=O)C(F)(F)F)CC2. The highest BCUT2D eigenvalue weighted by atomic mass is 19.4. The van der Waals surface area contributed by atoms with Crippen molar-refractivity contribution in [2.24, 2.45) is 0 Å². The molecule has 0 radical (unpaired) electrons. The number of nitrogens with zero attached hydrogens (tertiary/aromatic N) is 1. The fraction of sp³-hybridized carbons (Fsp3) is 0.381. The van der Waals surface area contributed by atoms with Crippen LogP contribution in [0.4, 0.5) is 13.2 Å². The Balaban J connectivity index is 2.02. The average Bonchev–Trinajstić information content (AvgIpc) is 2.71. The maximum absolute atomic E-state index is 13.3. The number of hydrogen-bond donors (Lipinski definition) is 0. The van der Waals surface area contributed by atoms with E-state index < -0.39 is 18.1 Å². The van der Waals surface area contributed by atoms with Gasteiger partial charge in [-0.15, -0.1) is 0 Å². The van der Waals surface area contributed by atoms with E-state index in [0.29, 0.717) is 34.8 Å². The molecule has 29 heavy (non-hydrogen) atoms. The Morgan fingerprint density at radius 1 is 1.03 bits per heavy atom. The summed E-state index contributed by atoms with van der Waals surface area (Å²) in [4.78, 5) is 13.1. The molecule has 1 amide bonds. The normalized spacial score (nSPS) is 17.3. The minimum atomic E-state index is -4.93. The number of hydrogen-bond acceptors (Lipinski definition) is 4. The molecule has 1 aliphatic carbocycles. The summed E-state index contributed by atoms with van der Waals surface area (Å²) in [6.45, 7) is -0.00969. The van der Waals surface area contributed by atoms with Crippen molar-refractivity contribution < 1.29 is 32.2 Å². The van der Waals surface area contributed by atoms with Crippen LogP contribution in [-0.2, 0) is 17.6 Å². The van der Waals surface area contributed by atoms with Gasteiger partial charge in [-0.1, -0.05) is 12.1 Å². The van der Waals surface area contributed by atoms with Gasteiger partial charge in [0.2, 0.25) is 0 Å². The summed E-state index contributed by atoms with van der Waals surface area (Å²) in [5, 5.41) is 0. The molecular formula is C21H20F3NO4. The van der Waals surface area contributed by atoms with Gasteiger partial charge in [0.25, 0.3) is 0 Å². The molecule has 0 bridgehead atoms. The van der Waals surface area contributed by atoms with Crippen LogP contribution in [0.2, 0.25) is 0 Å². The van der Waals surface area contributed by atoms with Gasteiger partial charge in [0.05, 0.1) is 27.4 Å². The minimum Gasteiger partial charge on any atom is -0.496 e. The van der Waals surface area contributed by atoms with Gasteiger partial charge in [-0.3, -0.25) is 4.79 Å². The molecule has 1 aliphatic heterocycles. The molecule has 4 rings (SSSR count). The molecule has 2 aromatic rings. The van der Waals surface area contributed by atoms with Crippen LogP contribution in [0.15, 0.2) is 24.3 Å². The van der Waals surface area contributed by atoms with E-state index in [9.17, 15) is 18.0 Å². The van der Waals surface area contributed by atoms with Crippen LogP contribution in [0, 0.1) is 0 Å². The summed E-state index contributed by atoms with van der Waals surface area (Å²) in [7, 11) is 4.55. The van der Waals surface area contributed by atoms with E-state index in [2.05, 4.69) is 0 Å². The van der Waals surface area contributed by atoms with Gasteiger partial charge in [-0.25, -0.2) is 0 Å². The second kappa shape index (κ2) is 6.86. The standard InChI is InChI=1S/C21H20F3NO4/c1-27-14-6-4-5-11-9-13-16-12(7-8-25(13)20(26)21(22,23)24)10-15(28-2)19(29-3)18(16)17(11)14/h4-6,10,13H,7-9H2,1-3H3. The molecule has 2 aliphatic rings. The lowest BCUT2D eigenvalue weighted by atomic mass is 9.76. The number of ether oxygens (including phenoxy) is 3. The molecule has 5 nitrogen and oxygen atoms in total. The molecule has 1 heterocycles. The van der Waals surface area contributed by atoms with E-state index in [1.54, 1.807) is 25.3 Å². The number of carbonyl (C=O) groups excluding carboxylic acids is 1. The number of halogens is 3. The van der Waals surface area contributed by atoms with Crippen molar-refractivity contribution in [1.82, 2.24) is 4.90 Å². The van der Waals surface area contributed by atoms with Crippen molar-refractivity contribution in [1.29, 1.82) is 0 Å². The predicted octanol–water partition coefficient (Wildman–Crippen LogP) is 3.92. The monoisotopic (exact) mass is 407 g/mol. The van der Waals surface area contributed by atoms with Crippen LogP contribution in [0.1, 0.15) is 22.7 Å². The van der Waals surface area contributed by atoms with Crippen molar-refractivity contribution in [3.63, 3.8) is 0 Å². The molecule has 0 spiro atoms. The lowest BCUT2D eigenvalue weighted by Gasteiger charge is -2.42. The topological polar surface area (TPSA) is 48.0 Å². The Hall–Kier alpha value is -2.90. The molecule has 8 heteroatoms. The van der Waals surface area contributed by atoms with Crippen molar-refractivity contribution in [3.8, 4) is 28.4 Å². The Kier molecular flexibility index (Phi) is 4.59. The van der Waals surface area contributed by atoms with Crippen molar-refractivity contribution in [3.05, 3.63) is 41.0 Å². The van der Waals surface area contributed by atoms with E-state index >= 15 is 0 Å². The average molecular weight is 407 g/mol. The first-order valence-electron chi connectivity index (χ1n) is 9.13. The Bertz CT molecular complexity index is 987. The van der Waals surface area contributed by atoms with Gasteiger partial charge >= 0.3 is 12.1 Å². The van der Waals surface area contributed by atoms with Gasteiger partial charge in [0, 0.05) is 17.7 Å². The fourth-order valence-electron chi connectivity index (χ4n) is 4.48. The first-order chi connectivity index (χ1) is 13.8. The van der Waals surface area contributed by atoms with Crippen LogP contribution >= 0.6 is 0 Å². The maximum atomic E-state index is 13.3. The van der Waals surface area contributed by atoms with Crippen LogP contribution < -0.4 is 14.2 Å². The Morgan fingerprint density at radius 2 is 1.76 bits per heavy atom. The summed E-state index contributed by atoms with van der Waals surface area (Å²) in [5.74, 6) is -0.313. The maximum Gasteiger partial charge on any atom is 0.471 e. The van der Waals surface area contributed by atoms with Gasteiger partial charge in [-0.2, -0.15) is 13.2 Å². The van der Waals surface area contributed by atoms with Crippen LogP contribution in [0.3, 0.4) is 0 Å². The molecule has 0 saturated heterocycles. The number of rotatable bonds is 3. The molecule has 0 aromatic heterocycles. The van der Waals surface area contributed by atoms with Gasteiger partial charge in [-0.05, 0) is 41.7 Å². The third kappa shape index (κ3) is 2.89. The summed E-state index contributed by atoms with van der Waals surface area (Å²) in [6.07, 6.45) is -4.36. The highest BCUT2D eigenvalue weighted by molar-refractivity contribution is 5.89. The van der Waals surface area contributed by atoms with Crippen LogP contribution in [0.25, 0.3) is 11.1 Å². The Morgan fingerprint density at radius 3 is 2.38 bits per heavy atom. The molecule has 0 N–H and O–H groups in total. The number of benzene rings is 2. The van der Waals surface area contributed by atoms with Crippen LogP contribution in [-0.4, -0.2) is 44.9 Å². The molecule has 0 fully saturated rings. The highest BCUT2D eigenvalue weighted by Gasteiger charge is 2.48. The minimum absolute atomic E-state index is 0.00969. The second-order valence-corrected chi connectivity index (χ2v) is 7.02. The van der Waals surface area contributed by atoms with Crippen molar-refractivity contribution in [2.45, 2.75) is 25.1 Å².